The first-order chi connectivity index (χ1) is 11.7. The van der Waals surface area contributed by atoms with Crippen LogP contribution in [0.4, 0.5) is 0 Å². The Balaban J connectivity index is 2.03. The first kappa shape index (κ1) is 15.7. The normalized spacial score (nSPS) is 11.0. The van der Waals surface area contributed by atoms with Crippen molar-refractivity contribution in [2.75, 3.05) is 0 Å². The molecular weight excluding hydrogens is 302 g/mol. The van der Waals surface area contributed by atoms with Gasteiger partial charge in [0.2, 0.25) is 0 Å². The number of hydrogen-bond donors (Lipinski definition) is 1. The minimum absolute atomic E-state index is 0.0678. The Morgan fingerprint density at radius 2 is 1.79 bits per heavy atom. The molecule has 5 nitrogen and oxygen atoms in total. The summed E-state index contributed by atoms with van der Waals surface area (Å²) in [7, 11) is 0. The zero-order valence-corrected chi connectivity index (χ0v) is 13.3. The molecule has 5 heteroatoms. The second-order valence-electron chi connectivity index (χ2n) is 5.30. The van der Waals surface area contributed by atoms with Crippen molar-refractivity contribution < 1.29 is 9.90 Å². The topological polar surface area (TPSA) is 68.0 Å². The lowest BCUT2D eigenvalue weighted by Crippen LogP contribution is -2.03. The Morgan fingerprint density at radius 1 is 1.08 bits per heavy atom. The van der Waals surface area contributed by atoms with Crippen molar-refractivity contribution in [3.05, 3.63) is 77.1 Å². The van der Waals surface area contributed by atoms with Crippen LogP contribution in [-0.4, -0.2) is 26.1 Å². The average Bonchev–Trinajstić information content (AvgIpc) is 3.05. The molecule has 0 fully saturated rings. The Morgan fingerprint density at radius 3 is 2.42 bits per heavy atom. The Hall–Kier alpha value is -3.21. The third-order valence-corrected chi connectivity index (χ3v) is 3.73. The highest BCUT2D eigenvalue weighted by molar-refractivity contribution is 5.90. The summed E-state index contributed by atoms with van der Waals surface area (Å²) in [6.45, 7) is 2.08. The van der Waals surface area contributed by atoms with Crippen molar-refractivity contribution in [1.29, 1.82) is 0 Å². The molecular formula is C19H17N3O2. The van der Waals surface area contributed by atoms with Crippen LogP contribution in [-0.2, 0) is 6.42 Å². The monoisotopic (exact) mass is 319 g/mol. The summed E-state index contributed by atoms with van der Waals surface area (Å²) in [5.74, 6) is -1.10. The first-order valence-electron chi connectivity index (χ1n) is 7.70. The smallest absolute Gasteiger partial charge is 0.358 e. The molecule has 0 radical (unpaired) electrons. The number of carboxylic acids is 1. The van der Waals surface area contributed by atoms with E-state index in [2.05, 4.69) is 17.2 Å². The van der Waals surface area contributed by atoms with Gasteiger partial charge < -0.3 is 5.11 Å². The van der Waals surface area contributed by atoms with Crippen LogP contribution in [0, 0.1) is 0 Å². The van der Waals surface area contributed by atoms with Crippen LogP contribution in [0.5, 0.6) is 0 Å². The highest BCUT2D eigenvalue weighted by Crippen LogP contribution is 2.17. The molecule has 1 aromatic heterocycles. The molecule has 0 amide bonds. The van der Waals surface area contributed by atoms with Gasteiger partial charge in [0.25, 0.3) is 0 Å². The maximum Gasteiger partial charge on any atom is 0.358 e. The molecule has 1 heterocycles. The first-order valence-corrected chi connectivity index (χ1v) is 7.70. The second kappa shape index (κ2) is 6.91. The standard InChI is InChI=1S/C19H17N3O2/c1-2-14-8-11-16(12-9-14)22-17(18(19(23)24)20-21-22)13-10-15-6-4-3-5-7-15/h3-13H,2H2,1H3,(H,23,24)/b13-10+. The summed E-state index contributed by atoms with van der Waals surface area (Å²) in [6.07, 6.45) is 4.52. The molecule has 3 aromatic rings. The number of carboxylic acid groups (broad SMARTS) is 1. The van der Waals surface area contributed by atoms with Gasteiger partial charge in [-0.2, -0.15) is 0 Å². The van der Waals surface area contributed by atoms with E-state index in [1.807, 2.05) is 60.7 Å². The summed E-state index contributed by atoms with van der Waals surface area (Å²) in [5.41, 5.74) is 3.33. The van der Waals surface area contributed by atoms with Crippen LogP contribution in [0.25, 0.3) is 17.8 Å². The van der Waals surface area contributed by atoms with Crippen LogP contribution in [0.2, 0.25) is 0 Å². The number of carbonyl (C=O) groups is 1. The highest BCUT2D eigenvalue weighted by Gasteiger charge is 2.17. The molecule has 2 aromatic carbocycles. The molecule has 1 N–H and O–H groups in total. The Bertz CT molecular complexity index is 865. The van der Waals surface area contributed by atoms with E-state index >= 15 is 0 Å². The molecule has 0 unspecified atom stereocenters. The van der Waals surface area contributed by atoms with E-state index in [9.17, 15) is 9.90 Å². The molecule has 0 saturated heterocycles. The lowest BCUT2D eigenvalue weighted by Gasteiger charge is -2.05. The van der Waals surface area contributed by atoms with E-state index in [4.69, 9.17) is 0 Å². The molecule has 0 atom stereocenters. The molecule has 0 aliphatic rings. The zero-order chi connectivity index (χ0) is 16.9. The van der Waals surface area contributed by atoms with Crippen molar-refractivity contribution >= 4 is 18.1 Å². The fourth-order valence-corrected chi connectivity index (χ4v) is 2.39. The minimum atomic E-state index is -1.10. The lowest BCUT2D eigenvalue weighted by atomic mass is 10.1. The second-order valence-corrected chi connectivity index (χ2v) is 5.30. The third-order valence-electron chi connectivity index (χ3n) is 3.73. The van der Waals surface area contributed by atoms with Crippen molar-refractivity contribution in [1.82, 2.24) is 15.0 Å². The van der Waals surface area contributed by atoms with Gasteiger partial charge in [-0.3, -0.25) is 0 Å². The summed E-state index contributed by atoms with van der Waals surface area (Å²) in [4.78, 5) is 11.4. The third kappa shape index (κ3) is 3.25. The molecule has 120 valence electrons. The molecule has 0 aliphatic carbocycles. The van der Waals surface area contributed by atoms with Crippen LogP contribution in [0.3, 0.4) is 0 Å². The maximum atomic E-state index is 11.4. The van der Waals surface area contributed by atoms with E-state index in [-0.39, 0.29) is 5.69 Å². The minimum Gasteiger partial charge on any atom is -0.476 e. The van der Waals surface area contributed by atoms with Crippen molar-refractivity contribution in [2.45, 2.75) is 13.3 Å². The maximum absolute atomic E-state index is 11.4. The number of benzene rings is 2. The van der Waals surface area contributed by atoms with E-state index < -0.39 is 5.97 Å². The van der Waals surface area contributed by atoms with Crippen LogP contribution >= 0.6 is 0 Å². The van der Waals surface area contributed by atoms with Gasteiger partial charge in [-0.15, -0.1) is 5.10 Å². The summed E-state index contributed by atoms with van der Waals surface area (Å²) in [6, 6.07) is 17.5. The van der Waals surface area contributed by atoms with Crippen LogP contribution in [0.15, 0.2) is 54.6 Å². The average molecular weight is 319 g/mol. The molecule has 24 heavy (non-hydrogen) atoms. The van der Waals surface area contributed by atoms with Gasteiger partial charge in [0.05, 0.1) is 5.69 Å². The quantitative estimate of drug-likeness (QED) is 0.778. The van der Waals surface area contributed by atoms with Gasteiger partial charge in [0.15, 0.2) is 5.69 Å². The lowest BCUT2D eigenvalue weighted by molar-refractivity contribution is 0.0690. The summed E-state index contributed by atoms with van der Waals surface area (Å²) in [5, 5.41) is 17.2. The number of aryl methyl sites for hydroxylation is 1. The predicted molar refractivity (Wildman–Crippen MR) is 93.1 cm³/mol. The predicted octanol–water partition coefficient (Wildman–Crippen LogP) is 3.70. The Labute approximate surface area is 139 Å². The molecule has 3 rings (SSSR count). The number of aromatic carboxylic acids is 1. The highest BCUT2D eigenvalue weighted by atomic mass is 16.4. The SMILES string of the molecule is CCc1ccc(-n2nnc(C(=O)O)c2/C=C/c2ccccc2)cc1. The molecule has 0 aliphatic heterocycles. The molecule has 0 spiro atoms. The van der Waals surface area contributed by atoms with E-state index in [1.165, 1.54) is 5.56 Å². The van der Waals surface area contributed by atoms with Gasteiger partial charge in [0.1, 0.15) is 5.69 Å². The van der Waals surface area contributed by atoms with Crippen LogP contribution < -0.4 is 0 Å². The van der Waals surface area contributed by atoms with E-state index in [0.29, 0.717) is 5.69 Å². The van der Waals surface area contributed by atoms with Crippen molar-refractivity contribution in [2.24, 2.45) is 0 Å². The van der Waals surface area contributed by atoms with Crippen LogP contribution in [0.1, 0.15) is 34.2 Å². The summed E-state index contributed by atoms with van der Waals surface area (Å²) >= 11 is 0. The number of rotatable bonds is 5. The van der Waals surface area contributed by atoms with Gasteiger partial charge >= 0.3 is 5.97 Å². The van der Waals surface area contributed by atoms with Gasteiger partial charge in [0, 0.05) is 0 Å². The van der Waals surface area contributed by atoms with E-state index in [1.54, 1.807) is 10.8 Å². The van der Waals surface area contributed by atoms with Crippen molar-refractivity contribution in [3.8, 4) is 5.69 Å². The molecule has 0 bridgehead atoms. The summed E-state index contributed by atoms with van der Waals surface area (Å²) < 4.78 is 1.54. The van der Waals surface area contributed by atoms with Gasteiger partial charge in [-0.25, -0.2) is 9.48 Å². The number of hydrogen-bond acceptors (Lipinski definition) is 3. The fraction of sp³-hybridized carbons (Fsp3) is 0.105. The van der Waals surface area contributed by atoms with E-state index in [0.717, 1.165) is 17.7 Å². The molecule has 0 saturated carbocycles. The van der Waals surface area contributed by atoms with Crippen molar-refractivity contribution in [3.63, 3.8) is 0 Å². The zero-order valence-electron chi connectivity index (χ0n) is 13.3. The Kier molecular flexibility index (Phi) is 4.52. The number of nitrogens with zero attached hydrogens (tertiary/aromatic N) is 3. The van der Waals surface area contributed by atoms with Gasteiger partial charge in [-0.05, 0) is 35.8 Å². The number of aromatic nitrogens is 3. The fourth-order valence-electron chi connectivity index (χ4n) is 2.39. The van der Waals surface area contributed by atoms with Gasteiger partial charge in [-0.1, -0.05) is 60.7 Å². The largest absolute Gasteiger partial charge is 0.476 e.